The third kappa shape index (κ3) is 5.52. The van der Waals surface area contributed by atoms with Crippen molar-refractivity contribution in [2.45, 2.75) is 39.2 Å². The van der Waals surface area contributed by atoms with Crippen molar-refractivity contribution >= 4 is 0 Å². The molecule has 0 aliphatic rings. The van der Waals surface area contributed by atoms with Crippen molar-refractivity contribution in [3.05, 3.63) is 29.8 Å². The number of aliphatic hydroxyl groups is 1. The quantitative estimate of drug-likeness (QED) is 0.697. The first kappa shape index (κ1) is 15.0. The minimum absolute atomic E-state index is 0.302. The molecule has 1 atom stereocenters. The Kier molecular flexibility index (Phi) is 6.16. The van der Waals surface area contributed by atoms with Crippen LogP contribution in [0.1, 0.15) is 32.8 Å². The van der Waals surface area contributed by atoms with Gasteiger partial charge in [0, 0.05) is 6.54 Å². The maximum atomic E-state index is 10.1. The molecule has 0 aromatic heterocycles. The average molecular weight is 251 g/mol. The number of ether oxygens (including phenoxy) is 1. The van der Waals surface area contributed by atoms with E-state index in [-0.39, 0.29) is 0 Å². The van der Waals surface area contributed by atoms with Crippen LogP contribution in [0.4, 0.5) is 0 Å². The second-order valence-corrected chi connectivity index (χ2v) is 4.96. The van der Waals surface area contributed by atoms with Gasteiger partial charge in [-0.25, -0.2) is 0 Å². The first-order valence-electron chi connectivity index (χ1n) is 6.72. The zero-order valence-electron chi connectivity index (χ0n) is 11.7. The van der Waals surface area contributed by atoms with E-state index in [1.54, 1.807) is 6.92 Å². The van der Waals surface area contributed by atoms with Gasteiger partial charge >= 0.3 is 0 Å². The number of hydrogen-bond donors (Lipinski definition) is 2. The predicted molar refractivity (Wildman–Crippen MR) is 75.1 cm³/mol. The molecule has 0 radical (unpaired) electrons. The van der Waals surface area contributed by atoms with Gasteiger partial charge in [0.1, 0.15) is 18.0 Å². The highest BCUT2D eigenvalue weighted by Gasteiger charge is 2.20. The van der Waals surface area contributed by atoms with Crippen molar-refractivity contribution in [2.24, 2.45) is 0 Å². The molecule has 0 spiro atoms. The smallest absolute Gasteiger partial charge is 0.119 e. The van der Waals surface area contributed by atoms with Gasteiger partial charge in [0.2, 0.25) is 0 Å². The van der Waals surface area contributed by atoms with Crippen LogP contribution >= 0.6 is 0 Å². The van der Waals surface area contributed by atoms with Crippen LogP contribution < -0.4 is 10.1 Å². The minimum atomic E-state index is -0.836. The van der Waals surface area contributed by atoms with Gasteiger partial charge in [-0.3, -0.25) is 0 Å². The number of rotatable bonds is 8. The predicted octanol–water partition coefficient (Wildman–Crippen LogP) is 2.38. The highest BCUT2D eigenvalue weighted by molar-refractivity contribution is 5.28. The van der Waals surface area contributed by atoms with Crippen LogP contribution in [-0.2, 0) is 6.42 Å². The van der Waals surface area contributed by atoms with Crippen molar-refractivity contribution in [1.29, 1.82) is 0 Å². The molecule has 0 saturated carbocycles. The van der Waals surface area contributed by atoms with E-state index in [0.717, 1.165) is 25.1 Å². The molecule has 3 nitrogen and oxygen atoms in total. The molecule has 1 unspecified atom stereocenters. The number of hydrogen-bond acceptors (Lipinski definition) is 3. The van der Waals surface area contributed by atoms with Crippen molar-refractivity contribution in [1.82, 2.24) is 5.32 Å². The Hall–Kier alpha value is -1.06. The SMILES string of the molecule is CCCNCC(C)(O)COc1cccc(CC)c1. The summed E-state index contributed by atoms with van der Waals surface area (Å²) in [7, 11) is 0. The molecule has 1 rings (SSSR count). The first-order valence-corrected chi connectivity index (χ1v) is 6.72. The van der Waals surface area contributed by atoms with Gasteiger partial charge in [-0.1, -0.05) is 26.0 Å². The summed E-state index contributed by atoms with van der Waals surface area (Å²) in [6.45, 7) is 7.78. The van der Waals surface area contributed by atoms with Crippen LogP contribution in [0.15, 0.2) is 24.3 Å². The van der Waals surface area contributed by atoms with E-state index in [4.69, 9.17) is 4.74 Å². The summed E-state index contributed by atoms with van der Waals surface area (Å²) < 4.78 is 5.65. The Balaban J connectivity index is 2.42. The van der Waals surface area contributed by atoms with Crippen molar-refractivity contribution in [3.8, 4) is 5.75 Å². The maximum absolute atomic E-state index is 10.1. The number of benzene rings is 1. The molecular formula is C15H25NO2. The summed E-state index contributed by atoms with van der Waals surface area (Å²) in [5.41, 5.74) is 0.411. The summed E-state index contributed by atoms with van der Waals surface area (Å²) in [5.74, 6) is 0.824. The van der Waals surface area contributed by atoms with E-state index in [1.807, 2.05) is 18.2 Å². The van der Waals surface area contributed by atoms with Crippen LogP contribution in [0.25, 0.3) is 0 Å². The van der Waals surface area contributed by atoms with E-state index in [1.165, 1.54) is 5.56 Å². The fourth-order valence-corrected chi connectivity index (χ4v) is 1.68. The first-order chi connectivity index (χ1) is 8.57. The lowest BCUT2D eigenvalue weighted by atomic mass is 10.1. The van der Waals surface area contributed by atoms with Gasteiger partial charge in [0.25, 0.3) is 0 Å². The normalized spacial score (nSPS) is 14.2. The molecule has 0 fully saturated rings. The molecule has 0 heterocycles. The molecular weight excluding hydrogens is 226 g/mol. The molecule has 2 N–H and O–H groups in total. The monoisotopic (exact) mass is 251 g/mol. The van der Waals surface area contributed by atoms with Crippen LogP contribution in [0.5, 0.6) is 5.75 Å². The Labute approximate surface area is 110 Å². The largest absolute Gasteiger partial charge is 0.491 e. The summed E-state index contributed by atoms with van der Waals surface area (Å²) in [6, 6.07) is 8.01. The van der Waals surface area contributed by atoms with Gasteiger partial charge in [-0.2, -0.15) is 0 Å². The Bertz CT molecular complexity index is 350. The fourth-order valence-electron chi connectivity index (χ4n) is 1.68. The Morgan fingerprint density at radius 2 is 2.11 bits per heavy atom. The highest BCUT2D eigenvalue weighted by Crippen LogP contribution is 2.15. The lowest BCUT2D eigenvalue weighted by Gasteiger charge is -2.24. The number of nitrogens with one attached hydrogen (secondary N) is 1. The van der Waals surface area contributed by atoms with Crippen LogP contribution in [0.2, 0.25) is 0 Å². The second-order valence-electron chi connectivity index (χ2n) is 4.96. The molecule has 3 heteroatoms. The van der Waals surface area contributed by atoms with E-state index in [2.05, 4.69) is 25.2 Å². The van der Waals surface area contributed by atoms with Crippen molar-refractivity contribution in [3.63, 3.8) is 0 Å². The summed E-state index contributed by atoms with van der Waals surface area (Å²) in [4.78, 5) is 0. The van der Waals surface area contributed by atoms with Crippen LogP contribution in [0, 0.1) is 0 Å². The summed E-state index contributed by atoms with van der Waals surface area (Å²) in [5, 5.41) is 13.3. The second kappa shape index (κ2) is 7.39. The summed E-state index contributed by atoms with van der Waals surface area (Å²) in [6.07, 6.45) is 2.06. The molecule has 1 aromatic rings. The highest BCUT2D eigenvalue weighted by atomic mass is 16.5. The van der Waals surface area contributed by atoms with Gasteiger partial charge in [-0.05, 0) is 44.0 Å². The molecule has 0 bridgehead atoms. The molecule has 102 valence electrons. The number of aryl methyl sites for hydroxylation is 1. The average Bonchev–Trinajstić information content (AvgIpc) is 2.37. The van der Waals surface area contributed by atoms with E-state index < -0.39 is 5.60 Å². The van der Waals surface area contributed by atoms with Crippen molar-refractivity contribution in [2.75, 3.05) is 19.7 Å². The maximum Gasteiger partial charge on any atom is 0.119 e. The summed E-state index contributed by atoms with van der Waals surface area (Å²) >= 11 is 0. The van der Waals surface area contributed by atoms with Crippen LogP contribution in [0.3, 0.4) is 0 Å². The molecule has 0 aliphatic heterocycles. The van der Waals surface area contributed by atoms with Gasteiger partial charge in [-0.15, -0.1) is 0 Å². The fraction of sp³-hybridized carbons (Fsp3) is 0.600. The minimum Gasteiger partial charge on any atom is -0.491 e. The molecule has 18 heavy (non-hydrogen) atoms. The van der Waals surface area contributed by atoms with E-state index in [0.29, 0.717) is 13.2 Å². The van der Waals surface area contributed by atoms with Crippen LogP contribution in [-0.4, -0.2) is 30.4 Å². The Morgan fingerprint density at radius 1 is 1.33 bits per heavy atom. The zero-order valence-corrected chi connectivity index (χ0v) is 11.7. The van der Waals surface area contributed by atoms with E-state index in [9.17, 15) is 5.11 Å². The van der Waals surface area contributed by atoms with E-state index >= 15 is 0 Å². The molecule has 0 amide bonds. The van der Waals surface area contributed by atoms with Gasteiger partial charge in [0.15, 0.2) is 0 Å². The molecule has 1 aromatic carbocycles. The lowest BCUT2D eigenvalue weighted by molar-refractivity contribution is 0.0124. The molecule has 0 aliphatic carbocycles. The molecule has 0 saturated heterocycles. The third-order valence-corrected chi connectivity index (χ3v) is 2.79. The van der Waals surface area contributed by atoms with Gasteiger partial charge in [0.05, 0.1) is 0 Å². The van der Waals surface area contributed by atoms with Crippen molar-refractivity contribution < 1.29 is 9.84 Å². The Morgan fingerprint density at radius 3 is 2.78 bits per heavy atom. The lowest BCUT2D eigenvalue weighted by Crippen LogP contribution is -2.43. The zero-order chi connectivity index (χ0) is 13.4. The standard InChI is InChI=1S/C15H25NO2/c1-4-9-16-11-15(3,17)12-18-14-8-6-7-13(5-2)10-14/h6-8,10,16-17H,4-5,9,11-12H2,1-3H3. The third-order valence-electron chi connectivity index (χ3n) is 2.79. The topological polar surface area (TPSA) is 41.5 Å². The van der Waals surface area contributed by atoms with Gasteiger partial charge < -0.3 is 15.2 Å².